The maximum absolute atomic E-state index is 9.74. The first-order valence-corrected chi connectivity index (χ1v) is 7.26. The highest BCUT2D eigenvalue weighted by atomic mass is 16.3. The van der Waals surface area contributed by atoms with Gasteiger partial charge in [-0.05, 0) is 24.5 Å². The van der Waals surface area contributed by atoms with Gasteiger partial charge in [0.25, 0.3) is 0 Å². The van der Waals surface area contributed by atoms with E-state index in [1.807, 2.05) is 6.20 Å². The Morgan fingerprint density at radius 2 is 2.11 bits per heavy atom. The summed E-state index contributed by atoms with van der Waals surface area (Å²) in [4.78, 5) is 9.36. The second-order valence-electron chi connectivity index (χ2n) is 6.08. The fourth-order valence-corrected chi connectivity index (χ4v) is 3.18. The third kappa shape index (κ3) is 2.60. The molecule has 2 aliphatic heterocycles. The highest BCUT2D eigenvalue weighted by Crippen LogP contribution is 2.26. The van der Waals surface area contributed by atoms with E-state index in [2.05, 4.69) is 40.8 Å². The largest absolute Gasteiger partial charge is 0.392 e. The molecule has 1 aromatic rings. The molecule has 104 valence electrons. The van der Waals surface area contributed by atoms with E-state index in [0.29, 0.717) is 12.0 Å². The Kier molecular flexibility index (Phi) is 3.46. The Labute approximate surface area is 115 Å². The molecule has 2 saturated heterocycles. The molecule has 2 aliphatic rings. The fourth-order valence-electron chi connectivity index (χ4n) is 3.18. The lowest BCUT2D eigenvalue weighted by Crippen LogP contribution is -2.50. The summed E-state index contributed by atoms with van der Waals surface area (Å²) in [6.45, 7) is 8.28. The molecular formula is C15H23N3O. The van der Waals surface area contributed by atoms with E-state index in [1.165, 1.54) is 5.69 Å². The van der Waals surface area contributed by atoms with Crippen LogP contribution >= 0.6 is 0 Å². The van der Waals surface area contributed by atoms with Gasteiger partial charge in [-0.2, -0.15) is 0 Å². The molecule has 2 fully saturated rings. The molecule has 0 saturated carbocycles. The SMILES string of the molecule is CC(C)c1ccc(N2CCN3CC(O)CC3C2)cn1. The topological polar surface area (TPSA) is 39.6 Å². The van der Waals surface area contributed by atoms with Crippen molar-refractivity contribution in [3.63, 3.8) is 0 Å². The minimum absolute atomic E-state index is 0.133. The molecule has 3 rings (SSSR count). The van der Waals surface area contributed by atoms with Crippen LogP contribution in [0, 0.1) is 0 Å². The number of piperazine rings is 1. The van der Waals surface area contributed by atoms with Crippen LogP contribution in [0.15, 0.2) is 18.3 Å². The molecule has 2 atom stereocenters. The average molecular weight is 261 g/mol. The van der Waals surface area contributed by atoms with Crippen molar-refractivity contribution in [1.82, 2.24) is 9.88 Å². The zero-order valence-electron chi connectivity index (χ0n) is 11.8. The number of aromatic nitrogens is 1. The van der Waals surface area contributed by atoms with Gasteiger partial charge in [0.15, 0.2) is 0 Å². The molecule has 0 amide bonds. The second-order valence-corrected chi connectivity index (χ2v) is 6.08. The van der Waals surface area contributed by atoms with Crippen molar-refractivity contribution in [3.05, 3.63) is 24.0 Å². The number of aliphatic hydroxyl groups is 1. The van der Waals surface area contributed by atoms with Gasteiger partial charge in [-0.1, -0.05) is 13.8 Å². The van der Waals surface area contributed by atoms with Crippen molar-refractivity contribution in [2.75, 3.05) is 31.1 Å². The van der Waals surface area contributed by atoms with Gasteiger partial charge in [0, 0.05) is 37.9 Å². The van der Waals surface area contributed by atoms with Gasteiger partial charge in [0.1, 0.15) is 0 Å². The van der Waals surface area contributed by atoms with Crippen molar-refractivity contribution in [2.24, 2.45) is 0 Å². The number of anilines is 1. The predicted molar refractivity (Wildman–Crippen MR) is 76.5 cm³/mol. The zero-order valence-corrected chi connectivity index (χ0v) is 11.8. The van der Waals surface area contributed by atoms with Crippen LogP contribution < -0.4 is 4.90 Å². The molecule has 19 heavy (non-hydrogen) atoms. The molecule has 0 radical (unpaired) electrons. The third-order valence-electron chi connectivity index (χ3n) is 4.32. The van der Waals surface area contributed by atoms with Crippen molar-refractivity contribution < 1.29 is 5.11 Å². The summed E-state index contributed by atoms with van der Waals surface area (Å²) >= 11 is 0. The monoisotopic (exact) mass is 261 g/mol. The van der Waals surface area contributed by atoms with Crippen LogP contribution in [-0.4, -0.2) is 53.3 Å². The van der Waals surface area contributed by atoms with Gasteiger partial charge in [-0.15, -0.1) is 0 Å². The van der Waals surface area contributed by atoms with Crippen molar-refractivity contribution in [3.8, 4) is 0 Å². The highest BCUT2D eigenvalue weighted by molar-refractivity contribution is 5.45. The molecule has 4 heteroatoms. The molecule has 3 heterocycles. The summed E-state index contributed by atoms with van der Waals surface area (Å²) in [5.74, 6) is 0.482. The standard InChI is InChI=1S/C15H23N3O/c1-11(2)15-4-3-12(8-16-15)17-5-6-18-10-14(19)7-13(18)9-17/h3-4,8,11,13-14,19H,5-7,9-10H2,1-2H3. The number of hydrogen-bond donors (Lipinski definition) is 1. The predicted octanol–water partition coefficient (Wildman–Crippen LogP) is 1.46. The van der Waals surface area contributed by atoms with Crippen LogP contribution in [0.2, 0.25) is 0 Å². The third-order valence-corrected chi connectivity index (χ3v) is 4.32. The second kappa shape index (κ2) is 5.10. The number of nitrogens with zero attached hydrogens (tertiary/aromatic N) is 3. The smallest absolute Gasteiger partial charge is 0.0682 e. The van der Waals surface area contributed by atoms with Crippen LogP contribution in [0.1, 0.15) is 31.9 Å². The zero-order chi connectivity index (χ0) is 13.4. The normalized spacial score (nSPS) is 27.9. The number of rotatable bonds is 2. The summed E-state index contributed by atoms with van der Waals surface area (Å²) in [7, 11) is 0. The lowest BCUT2D eigenvalue weighted by Gasteiger charge is -2.38. The van der Waals surface area contributed by atoms with Crippen LogP contribution in [-0.2, 0) is 0 Å². The minimum Gasteiger partial charge on any atom is -0.392 e. The van der Waals surface area contributed by atoms with Crippen LogP contribution in [0.25, 0.3) is 0 Å². The Morgan fingerprint density at radius 3 is 2.79 bits per heavy atom. The Hall–Kier alpha value is -1.13. The minimum atomic E-state index is -0.133. The molecule has 0 bridgehead atoms. The van der Waals surface area contributed by atoms with Gasteiger partial charge >= 0.3 is 0 Å². The van der Waals surface area contributed by atoms with Crippen LogP contribution in [0.3, 0.4) is 0 Å². The van der Waals surface area contributed by atoms with E-state index in [-0.39, 0.29) is 6.10 Å². The van der Waals surface area contributed by atoms with E-state index in [1.54, 1.807) is 0 Å². The Bertz CT molecular complexity index is 432. The molecule has 1 aromatic heterocycles. The fraction of sp³-hybridized carbons (Fsp3) is 0.667. The van der Waals surface area contributed by atoms with Gasteiger partial charge in [-0.25, -0.2) is 0 Å². The molecule has 2 unspecified atom stereocenters. The maximum Gasteiger partial charge on any atom is 0.0682 e. The first kappa shape index (κ1) is 12.9. The summed E-state index contributed by atoms with van der Waals surface area (Å²) in [6, 6.07) is 4.83. The number of hydrogen-bond acceptors (Lipinski definition) is 4. The number of fused-ring (bicyclic) bond motifs is 1. The van der Waals surface area contributed by atoms with Crippen LogP contribution in [0.4, 0.5) is 5.69 Å². The van der Waals surface area contributed by atoms with E-state index in [4.69, 9.17) is 0 Å². The highest BCUT2D eigenvalue weighted by Gasteiger charge is 2.35. The summed E-state index contributed by atoms with van der Waals surface area (Å²) in [6.07, 6.45) is 2.77. The van der Waals surface area contributed by atoms with Gasteiger partial charge in [0.05, 0.1) is 18.0 Å². The molecule has 0 spiro atoms. The van der Waals surface area contributed by atoms with Gasteiger partial charge in [-0.3, -0.25) is 9.88 Å². The summed E-state index contributed by atoms with van der Waals surface area (Å²) < 4.78 is 0. The average Bonchev–Trinajstić information content (AvgIpc) is 2.77. The number of aliphatic hydroxyl groups excluding tert-OH is 1. The van der Waals surface area contributed by atoms with Crippen molar-refractivity contribution >= 4 is 5.69 Å². The first-order valence-electron chi connectivity index (χ1n) is 7.26. The maximum atomic E-state index is 9.74. The van der Waals surface area contributed by atoms with Crippen molar-refractivity contribution in [1.29, 1.82) is 0 Å². The van der Waals surface area contributed by atoms with Gasteiger partial charge in [0.2, 0.25) is 0 Å². The molecule has 4 nitrogen and oxygen atoms in total. The van der Waals surface area contributed by atoms with Crippen LogP contribution in [0.5, 0.6) is 0 Å². The molecular weight excluding hydrogens is 238 g/mol. The first-order chi connectivity index (χ1) is 9.13. The molecule has 0 aromatic carbocycles. The van der Waals surface area contributed by atoms with E-state index in [0.717, 1.165) is 38.3 Å². The van der Waals surface area contributed by atoms with E-state index in [9.17, 15) is 5.11 Å². The van der Waals surface area contributed by atoms with E-state index < -0.39 is 0 Å². The lowest BCUT2D eigenvalue weighted by molar-refractivity contribution is 0.173. The van der Waals surface area contributed by atoms with Gasteiger partial charge < -0.3 is 10.0 Å². The number of pyridine rings is 1. The summed E-state index contributed by atoms with van der Waals surface area (Å²) in [5, 5.41) is 9.74. The Morgan fingerprint density at radius 1 is 1.26 bits per heavy atom. The summed E-state index contributed by atoms with van der Waals surface area (Å²) in [5.41, 5.74) is 2.36. The van der Waals surface area contributed by atoms with Crippen molar-refractivity contribution in [2.45, 2.75) is 38.3 Å². The molecule has 1 N–H and O–H groups in total. The lowest BCUT2D eigenvalue weighted by atomic mass is 10.1. The Balaban J connectivity index is 1.69. The quantitative estimate of drug-likeness (QED) is 0.875. The van der Waals surface area contributed by atoms with E-state index >= 15 is 0 Å². The molecule has 0 aliphatic carbocycles.